The number of unbranched alkanes of at least 4 members (excludes halogenated alkanes) is 6. The zero-order valence-electron chi connectivity index (χ0n) is 14.6. The zero-order valence-corrected chi connectivity index (χ0v) is 16.3. The molecule has 122 valence electrons. The quantitative estimate of drug-likeness (QED) is 0.237. The summed E-state index contributed by atoms with van der Waals surface area (Å²) in [6.07, 6.45) is 14.2. The SMILES string of the molecule is CCCCCCC(CCCCCC)[C@H](C)SSC(C)C. The van der Waals surface area contributed by atoms with Crippen LogP contribution in [0.25, 0.3) is 0 Å². The Bertz CT molecular complexity index is 180. The van der Waals surface area contributed by atoms with E-state index in [0.29, 0.717) is 0 Å². The molecular weight excluding hydrogens is 280 g/mol. The van der Waals surface area contributed by atoms with Gasteiger partial charge in [0.1, 0.15) is 0 Å². The van der Waals surface area contributed by atoms with Crippen molar-refractivity contribution >= 4 is 21.6 Å². The lowest BCUT2D eigenvalue weighted by Gasteiger charge is -2.24. The molecule has 0 saturated heterocycles. The third-order valence-electron chi connectivity index (χ3n) is 3.92. The minimum atomic E-state index is 0.753. The summed E-state index contributed by atoms with van der Waals surface area (Å²) in [4.78, 5) is 0. The molecule has 0 saturated carbocycles. The van der Waals surface area contributed by atoms with Crippen LogP contribution in [0.15, 0.2) is 0 Å². The van der Waals surface area contributed by atoms with E-state index in [0.717, 1.165) is 16.4 Å². The van der Waals surface area contributed by atoms with Crippen LogP contribution in [0.4, 0.5) is 0 Å². The van der Waals surface area contributed by atoms with E-state index in [4.69, 9.17) is 0 Å². The van der Waals surface area contributed by atoms with Crippen LogP contribution in [0.3, 0.4) is 0 Å². The molecule has 2 heteroatoms. The number of hydrogen-bond acceptors (Lipinski definition) is 2. The third-order valence-corrected chi connectivity index (χ3v) is 7.50. The minimum Gasteiger partial charge on any atom is -0.0910 e. The third kappa shape index (κ3) is 12.4. The van der Waals surface area contributed by atoms with E-state index in [-0.39, 0.29) is 0 Å². The van der Waals surface area contributed by atoms with Gasteiger partial charge in [-0.15, -0.1) is 0 Å². The Balaban J connectivity index is 4.00. The Morgan fingerprint density at radius 1 is 0.650 bits per heavy atom. The summed E-state index contributed by atoms with van der Waals surface area (Å²) in [7, 11) is 4.21. The van der Waals surface area contributed by atoms with Crippen molar-refractivity contribution in [3.8, 4) is 0 Å². The molecular formula is C18H38S2. The van der Waals surface area contributed by atoms with Gasteiger partial charge < -0.3 is 0 Å². The first-order valence-corrected chi connectivity index (χ1v) is 11.2. The van der Waals surface area contributed by atoms with E-state index >= 15 is 0 Å². The molecule has 0 aliphatic rings. The van der Waals surface area contributed by atoms with Crippen molar-refractivity contribution in [2.45, 2.75) is 109 Å². The molecule has 0 N–H and O–H groups in total. The fraction of sp³-hybridized carbons (Fsp3) is 1.00. The highest BCUT2D eigenvalue weighted by molar-refractivity contribution is 8.77. The largest absolute Gasteiger partial charge is 0.0910 e. The van der Waals surface area contributed by atoms with Crippen molar-refractivity contribution in [2.24, 2.45) is 5.92 Å². The Morgan fingerprint density at radius 2 is 1.15 bits per heavy atom. The number of hydrogen-bond donors (Lipinski definition) is 0. The van der Waals surface area contributed by atoms with Crippen molar-refractivity contribution < 1.29 is 0 Å². The molecule has 0 unspecified atom stereocenters. The molecule has 0 aromatic rings. The molecule has 0 aliphatic heterocycles. The lowest BCUT2D eigenvalue weighted by atomic mass is 9.92. The second-order valence-electron chi connectivity index (χ2n) is 6.41. The Morgan fingerprint density at radius 3 is 1.55 bits per heavy atom. The summed E-state index contributed by atoms with van der Waals surface area (Å²) >= 11 is 0. The average molecular weight is 319 g/mol. The van der Waals surface area contributed by atoms with Gasteiger partial charge in [0.05, 0.1) is 0 Å². The molecule has 0 aromatic carbocycles. The first-order valence-electron chi connectivity index (χ1n) is 8.93. The fourth-order valence-corrected chi connectivity index (χ4v) is 5.05. The standard InChI is InChI=1S/C18H38S2/c1-6-8-10-12-14-18(15-13-11-9-7-2)17(5)20-19-16(3)4/h16-18H,6-15H2,1-5H3/t17-/m0/s1. The predicted octanol–water partition coefficient (Wildman–Crippen LogP) is 7.72. The Hall–Kier alpha value is 0.700. The summed E-state index contributed by atoms with van der Waals surface area (Å²) < 4.78 is 0. The maximum absolute atomic E-state index is 2.46. The molecule has 0 aliphatic carbocycles. The summed E-state index contributed by atoms with van der Waals surface area (Å²) in [5, 5.41) is 1.58. The molecule has 20 heavy (non-hydrogen) atoms. The van der Waals surface area contributed by atoms with E-state index in [9.17, 15) is 0 Å². The van der Waals surface area contributed by atoms with E-state index in [1.807, 2.05) is 0 Å². The van der Waals surface area contributed by atoms with E-state index in [1.165, 1.54) is 64.2 Å². The van der Waals surface area contributed by atoms with E-state index in [1.54, 1.807) is 0 Å². The van der Waals surface area contributed by atoms with Gasteiger partial charge >= 0.3 is 0 Å². The van der Waals surface area contributed by atoms with Gasteiger partial charge in [-0.3, -0.25) is 0 Å². The average Bonchev–Trinajstić information content (AvgIpc) is 2.43. The predicted molar refractivity (Wildman–Crippen MR) is 101 cm³/mol. The van der Waals surface area contributed by atoms with Crippen LogP contribution < -0.4 is 0 Å². The van der Waals surface area contributed by atoms with Gasteiger partial charge in [-0.05, 0) is 18.8 Å². The zero-order chi connectivity index (χ0) is 15.2. The highest BCUT2D eigenvalue weighted by atomic mass is 33.1. The summed E-state index contributed by atoms with van der Waals surface area (Å²) in [5.41, 5.74) is 0. The van der Waals surface area contributed by atoms with Gasteiger partial charge in [0.2, 0.25) is 0 Å². The molecule has 0 heterocycles. The van der Waals surface area contributed by atoms with Gasteiger partial charge in [-0.2, -0.15) is 0 Å². The second kappa shape index (κ2) is 14.6. The van der Waals surface area contributed by atoms with Crippen LogP contribution in [0.2, 0.25) is 0 Å². The van der Waals surface area contributed by atoms with Gasteiger partial charge in [-0.25, -0.2) is 0 Å². The molecule has 0 bridgehead atoms. The molecule has 0 nitrogen and oxygen atoms in total. The monoisotopic (exact) mass is 318 g/mol. The first-order chi connectivity index (χ1) is 9.61. The Kier molecular flexibility index (Phi) is 15.1. The molecule has 0 fully saturated rings. The topological polar surface area (TPSA) is 0 Å². The summed E-state index contributed by atoms with van der Waals surface area (Å²) in [5.74, 6) is 0.944. The van der Waals surface area contributed by atoms with E-state index < -0.39 is 0 Å². The lowest BCUT2D eigenvalue weighted by molar-refractivity contribution is 0.404. The minimum absolute atomic E-state index is 0.753. The van der Waals surface area contributed by atoms with Crippen molar-refractivity contribution in [2.75, 3.05) is 0 Å². The first kappa shape index (κ1) is 20.7. The molecule has 0 rings (SSSR count). The van der Waals surface area contributed by atoms with Crippen LogP contribution in [0.5, 0.6) is 0 Å². The van der Waals surface area contributed by atoms with Crippen LogP contribution in [0.1, 0.15) is 98.8 Å². The van der Waals surface area contributed by atoms with Crippen molar-refractivity contribution in [1.82, 2.24) is 0 Å². The highest BCUT2D eigenvalue weighted by Gasteiger charge is 2.18. The molecule has 0 radical (unpaired) electrons. The van der Waals surface area contributed by atoms with Crippen LogP contribution >= 0.6 is 21.6 Å². The fourth-order valence-electron chi connectivity index (χ4n) is 2.56. The molecule has 0 spiro atoms. The van der Waals surface area contributed by atoms with Crippen LogP contribution in [-0.4, -0.2) is 10.5 Å². The molecule has 0 amide bonds. The van der Waals surface area contributed by atoms with Crippen molar-refractivity contribution in [3.63, 3.8) is 0 Å². The molecule has 0 aromatic heterocycles. The van der Waals surface area contributed by atoms with Crippen LogP contribution in [-0.2, 0) is 0 Å². The maximum atomic E-state index is 2.46. The van der Waals surface area contributed by atoms with Crippen molar-refractivity contribution in [3.05, 3.63) is 0 Å². The lowest BCUT2D eigenvalue weighted by Crippen LogP contribution is -2.14. The second-order valence-corrected chi connectivity index (χ2v) is 9.63. The van der Waals surface area contributed by atoms with Crippen LogP contribution in [0, 0.1) is 5.92 Å². The normalized spacial score (nSPS) is 13.3. The maximum Gasteiger partial charge on any atom is 0.0151 e. The van der Waals surface area contributed by atoms with Gasteiger partial charge in [0.15, 0.2) is 0 Å². The Labute approximate surface area is 137 Å². The summed E-state index contributed by atoms with van der Waals surface area (Å²) in [6, 6.07) is 0. The van der Waals surface area contributed by atoms with E-state index in [2.05, 4.69) is 56.2 Å². The van der Waals surface area contributed by atoms with Gasteiger partial charge in [0, 0.05) is 10.5 Å². The van der Waals surface area contributed by atoms with Crippen molar-refractivity contribution in [1.29, 1.82) is 0 Å². The van der Waals surface area contributed by atoms with Gasteiger partial charge in [-0.1, -0.05) is 108 Å². The highest BCUT2D eigenvalue weighted by Crippen LogP contribution is 2.37. The number of rotatable bonds is 14. The molecule has 1 atom stereocenters. The summed E-state index contributed by atoms with van der Waals surface area (Å²) in [6.45, 7) is 11.7. The van der Waals surface area contributed by atoms with Gasteiger partial charge in [0.25, 0.3) is 0 Å². The smallest absolute Gasteiger partial charge is 0.0151 e.